The van der Waals surface area contributed by atoms with Crippen LogP contribution in [0.15, 0.2) is 60.6 Å². The van der Waals surface area contributed by atoms with Gasteiger partial charge in [-0.05, 0) is 43.2 Å². The summed E-state index contributed by atoms with van der Waals surface area (Å²) in [5.74, 6) is -0.443. The van der Waals surface area contributed by atoms with Crippen LogP contribution in [0.25, 0.3) is 16.6 Å². The van der Waals surface area contributed by atoms with Crippen molar-refractivity contribution in [1.82, 2.24) is 20.1 Å². The van der Waals surface area contributed by atoms with Gasteiger partial charge in [0, 0.05) is 35.4 Å². The zero-order chi connectivity index (χ0) is 26.5. The van der Waals surface area contributed by atoms with Crippen LogP contribution in [0.3, 0.4) is 0 Å². The van der Waals surface area contributed by atoms with Crippen LogP contribution in [0.2, 0.25) is 5.02 Å². The summed E-state index contributed by atoms with van der Waals surface area (Å²) in [4.78, 5) is 4.64. The summed E-state index contributed by atoms with van der Waals surface area (Å²) in [5.41, 5.74) is 9.28. The Bertz CT molecular complexity index is 1440. The molecule has 37 heavy (non-hydrogen) atoms. The van der Waals surface area contributed by atoms with Gasteiger partial charge in [-0.1, -0.05) is 36.7 Å². The molecule has 0 bridgehead atoms. The number of aliphatic hydroxyl groups is 1. The number of fused-ring (bicyclic) bond motifs is 1. The van der Waals surface area contributed by atoms with Crippen LogP contribution in [0.4, 0.5) is 8.78 Å². The maximum atomic E-state index is 14.2. The van der Waals surface area contributed by atoms with Crippen molar-refractivity contribution in [2.75, 3.05) is 6.54 Å². The van der Waals surface area contributed by atoms with Crippen molar-refractivity contribution in [3.8, 4) is 11.4 Å². The standard InChI is InChI=1S/C27H28ClF2N5O2/c1-3-5-23(25(36)11-31)32-12-17-9-18(29)10-22(28)21(17)15-37-26-7-4-6-20-24(8-16(2)34-27(20)26)35-14-19(30)13-33-35/h4-10,13-14,25,32,36H,3,11-12,15,31H2,1-2H3/b23-5-. The van der Waals surface area contributed by atoms with Gasteiger partial charge in [0.2, 0.25) is 0 Å². The highest BCUT2D eigenvalue weighted by molar-refractivity contribution is 6.31. The Morgan fingerprint density at radius 3 is 2.78 bits per heavy atom. The van der Waals surface area contributed by atoms with Gasteiger partial charge in [0.15, 0.2) is 5.82 Å². The van der Waals surface area contributed by atoms with Crippen LogP contribution < -0.4 is 15.8 Å². The zero-order valence-corrected chi connectivity index (χ0v) is 21.3. The second-order valence-corrected chi connectivity index (χ2v) is 8.93. The molecule has 4 N–H and O–H groups in total. The predicted octanol–water partition coefficient (Wildman–Crippen LogP) is 4.94. The zero-order valence-electron chi connectivity index (χ0n) is 20.5. The average Bonchev–Trinajstić information content (AvgIpc) is 3.31. The van der Waals surface area contributed by atoms with Gasteiger partial charge in [-0.15, -0.1) is 0 Å². The number of pyridine rings is 1. The van der Waals surface area contributed by atoms with E-state index in [1.165, 1.54) is 23.0 Å². The third-order valence-corrected chi connectivity index (χ3v) is 6.16. The number of hydrogen-bond donors (Lipinski definition) is 3. The highest BCUT2D eigenvalue weighted by atomic mass is 35.5. The molecule has 0 saturated heterocycles. The number of nitrogens with one attached hydrogen (secondary N) is 1. The maximum absolute atomic E-state index is 14.2. The van der Waals surface area contributed by atoms with Crippen LogP contribution in [0, 0.1) is 18.6 Å². The van der Waals surface area contributed by atoms with Crippen LogP contribution in [0.1, 0.15) is 30.2 Å². The third-order valence-electron chi connectivity index (χ3n) is 5.82. The van der Waals surface area contributed by atoms with Gasteiger partial charge in [0.25, 0.3) is 0 Å². The Hall–Kier alpha value is -3.53. The van der Waals surface area contributed by atoms with Crippen molar-refractivity contribution in [2.24, 2.45) is 5.73 Å². The Labute approximate surface area is 218 Å². The van der Waals surface area contributed by atoms with E-state index in [9.17, 15) is 13.9 Å². The van der Waals surface area contributed by atoms with Gasteiger partial charge in [-0.2, -0.15) is 5.10 Å². The monoisotopic (exact) mass is 527 g/mol. The molecule has 0 aliphatic heterocycles. The topological polar surface area (TPSA) is 98.2 Å². The molecule has 0 saturated carbocycles. The Morgan fingerprint density at radius 2 is 2.08 bits per heavy atom. The van der Waals surface area contributed by atoms with Gasteiger partial charge in [-0.3, -0.25) is 0 Å². The molecule has 7 nitrogen and oxygen atoms in total. The van der Waals surface area contributed by atoms with Crippen LogP contribution in [-0.2, 0) is 13.2 Å². The average molecular weight is 528 g/mol. The van der Waals surface area contributed by atoms with Gasteiger partial charge >= 0.3 is 0 Å². The molecule has 2 heterocycles. The number of benzene rings is 2. The molecule has 1 atom stereocenters. The SMILES string of the molecule is CC/C=C(\NCc1cc(F)cc(Cl)c1COc1cccc2c(-n3cc(F)cn3)cc(C)nc12)C(O)CN. The fourth-order valence-electron chi connectivity index (χ4n) is 4.06. The lowest BCUT2D eigenvalue weighted by molar-refractivity contribution is 0.209. The minimum atomic E-state index is -0.855. The number of allylic oxidation sites excluding steroid dienone is 1. The highest BCUT2D eigenvalue weighted by Gasteiger charge is 2.16. The summed E-state index contributed by atoms with van der Waals surface area (Å²) >= 11 is 6.42. The summed E-state index contributed by atoms with van der Waals surface area (Å²) < 4.78 is 35.5. The number of para-hydroxylation sites is 1. The molecule has 4 aromatic rings. The number of halogens is 3. The highest BCUT2D eigenvalue weighted by Crippen LogP contribution is 2.31. The predicted molar refractivity (Wildman–Crippen MR) is 140 cm³/mol. The molecular formula is C27H28ClF2N5O2. The number of nitrogens with two attached hydrogens (primary N) is 1. The van der Waals surface area contributed by atoms with Crippen molar-refractivity contribution in [3.63, 3.8) is 0 Å². The first kappa shape index (κ1) is 26.5. The van der Waals surface area contributed by atoms with Crippen molar-refractivity contribution < 1.29 is 18.6 Å². The van der Waals surface area contributed by atoms with E-state index in [-0.39, 0.29) is 24.7 Å². The van der Waals surface area contributed by atoms with E-state index in [0.717, 1.165) is 11.6 Å². The van der Waals surface area contributed by atoms with Gasteiger partial charge < -0.3 is 20.9 Å². The first-order valence-corrected chi connectivity index (χ1v) is 12.2. The molecule has 2 aromatic heterocycles. The van der Waals surface area contributed by atoms with Gasteiger partial charge in [0.05, 0.1) is 23.1 Å². The molecule has 0 radical (unpaired) electrons. The molecule has 1 unspecified atom stereocenters. The normalized spacial score (nSPS) is 12.7. The van der Waals surface area contributed by atoms with E-state index in [2.05, 4.69) is 15.4 Å². The molecule has 0 spiro atoms. The number of ether oxygens (including phenoxy) is 1. The first-order chi connectivity index (χ1) is 17.8. The number of rotatable bonds is 10. The molecule has 2 aromatic carbocycles. The quantitative estimate of drug-likeness (QED) is 0.270. The van der Waals surface area contributed by atoms with Gasteiger partial charge in [0.1, 0.15) is 29.8 Å². The molecule has 10 heteroatoms. The lowest BCUT2D eigenvalue weighted by atomic mass is 10.1. The summed E-state index contributed by atoms with van der Waals surface area (Å²) in [5, 5.41) is 18.3. The summed E-state index contributed by atoms with van der Waals surface area (Å²) in [6.45, 7) is 4.08. The number of aromatic nitrogens is 3. The molecular weight excluding hydrogens is 500 g/mol. The number of aryl methyl sites for hydroxylation is 1. The first-order valence-electron chi connectivity index (χ1n) is 11.8. The molecule has 4 rings (SSSR count). The Morgan fingerprint density at radius 1 is 1.27 bits per heavy atom. The van der Waals surface area contributed by atoms with Crippen molar-refractivity contribution in [1.29, 1.82) is 0 Å². The minimum absolute atomic E-state index is 0.0445. The fraction of sp³-hybridized carbons (Fsp3) is 0.259. The second kappa shape index (κ2) is 11.7. The molecule has 0 amide bonds. The second-order valence-electron chi connectivity index (χ2n) is 8.52. The summed E-state index contributed by atoms with van der Waals surface area (Å²) in [6, 6.07) is 9.87. The molecule has 0 fully saturated rings. The summed E-state index contributed by atoms with van der Waals surface area (Å²) in [6.07, 6.45) is 4.11. The van der Waals surface area contributed by atoms with Crippen LogP contribution >= 0.6 is 11.6 Å². The van der Waals surface area contributed by atoms with Crippen molar-refractivity contribution in [2.45, 2.75) is 39.5 Å². The fourth-order valence-corrected chi connectivity index (χ4v) is 4.34. The number of aliphatic hydroxyl groups excluding tert-OH is 1. The third kappa shape index (κ3) is 6.07. The molecule has 0 aliphatic carbocycles. The lowest BCUT2D eigenvalue weighted by Gasteiger charge is -2.19. The van der Waals surface area contributed by atoms with E-state index in [1.54, 1.807) is 6.07 Å². The van der Waals surface area contributed by atoms with Gasteiger partial charge in [-0.25, -0.2) is 18.4 Å². The van der Waals surface area contributed by atoms with Crippen molar-refractivity contribution in [3.05, 3.63) is 94.0 Å². The van der Waals surface area contributed by atoms with Crippen molar-refractivity contribution >= 4 is 22.5 Å². The molecule has 194 valence electrons. The van der Waals surface area contributed by atoms with Crippen LogP contribution in [0.5, 0.6) is 5.75 Å². The van der Waals surface area contributed by atoms with E-state index < -0.39 is 17.7 Å². The smallest absolute Gasteiger partial charge is 0.161 e. The van der Waals surface area contributed by atoms with Crippen LogP contribution in [-0.4, -0.2) is 32.5 Å². The number of nitrogens with zero attached hydrogens (tertiary/aromatic N) is 3. The summed E-state index contributed by atoms with van der Waals surface area (Å²) in [7, 11) is 0. The van der Waals surface area contributed by atoms with E-state index in [0.29, 0.717) is 45.9 Å². The largest absolute Gasteiger partial charge is 0.487 e. The Kier molecular flexibility index (Phi) is 8.38. The maximum Gasteiger partial charge on any atom is 0.161 e. The van der Waals surface area contributed by atoms with E-state index in [4.69, 9.17) is 22.1 Å². The lowest BCUT2D eigenvalue weighted by Crippen LogP contribution is -2.30. The minimum Gasteiger partial charge on any atom is -0.487 e. The number of hydrogen-bond acceptors (Lipinski definition) is 6. The molecule has 0 aliphatic rings. The van der Waals surface area contributed by atoms with E-state index in [1.807, 2.05) is 38.1 Å². The van der Waals surface area contributed by atoms with E-state index >= 15 is 0 Å². The Balaban J connectivity index is 1.65.